The second-order valence-electron chi connectivity index (χ2n) is 7.54. The fraction of sp³-hybridized carbons (Fsp3) is 0.444. The van der Waals surface area contributed by atoms with Crippen molar-refractivity contribution < 1.29 is 14.3 Å². The van der Waals surface area contributed by atoms with Crippen LogP contribution in [0.2, 0.25) is 0 Å². The molecular formula is C27H36O3. The summed E-state index contributed by atoms with van der Waals surface area (Å²) >= 11 is 0. The van der Waals surface area contributed by atoms with Gasteiger partial charge in [0.1, 0.15) is 5.75 Å². The molecule has 0 aliphatic rings. The van der Waals surface area contributed by atoms with Crippen LogP contribution < -0.4 is 4.74 Å². The van der Waals surface area contributed by atoms with E-state index in [1.54, 1.807) is 0 Å². The van der Waals surface area contributed by atoms with Crippen LogP contribution in [0.15, 0.2) is 54.3 Å². The van der Waals surface area contributed by atoms with Crippen molar-refractivity contribution in [3.63, 3.8) is 0 Å². The molecule has 0 N–H and O–H groups in total. The fourth-order valence-electron chi connectivity index (χ4n) is 3.21. The second-order valence-corrected chi connectivity index (χ2v) is 7.54. The molecule has 0 aromatic heterocycles. The number of hydrogen-bond acceptors (Lipinski definition) is 3. The van der Waals surface area contributed by atoms with E-state index in [0.717, 1.165) is 50.5 Å². The van der Waals surface area contributed by atoms with Crippen molar-refractivity contribution >= 4 is 11.9 Å². The minimum atomic E-state index is -0.125. The predicted molar refractivity (Wildman–Crippen MR) is 125 cm³/mol. The first-order valence-electron chi connectivity index (χ1n) is 11.4. The van der Waals surface area contributed by atoms with Gasteiger partial charge in [0.05, 0.1) is 18.8 Å². The third-order valence-electron chi connectivity index (χ3n) is 5.02. The first kappa shape index (κ1) is 23.7. The molecule has 0 amide bonds. The molecule has 0 saturated carbocycles. The van der Waals surface area contributed by atoms with Gasteiger partial charge in [-0.3, -0.25) is 4.79 Å². The van der Waals surface area contributed by atoms with Gasteiger partial charge in [0.2, 0.25) is 5.78 Å². The normalized spacial score (nSPS) is 11.4. The van der Waals surface area contributed by atoms with E-state index in [4.69, 9.17) is 9.47 Å². The Morgan fingerprint density at radius 3 is 2.33 bits per heavy atom. The van der Waals surface area contributed by atoms with Crippen molar-refractivity contribution in [2.75, 3.05) is 13.2 Å². The lowest BCUT2D eigenvalue weighted by atomic mass is 10.0. The molecule has 0 spiro atoms. The second kappa shape index (κ2) is 13.6. The Bertz CT molecular complexity index is 807. The van der Waals surface area contributed by atoms with Crippen LogP contribution in [0.3, 0.4) is 0 Å². The highest BCUT2D eigenvalue weighted by atomic mass is 16.5. The van der Waals surface area contributed by atoms with Crippen molar-refractivity contribution in [3.8, 4) is 5.75 Å². The summed E-state index contributed by atoms with van der Waals surface area (Å²) < 4.78 is 11.9. The molecule has 0 heterocycles. The number of aryl methyl sites for hydroxylation is 1. The van der Waals surface area contributed by atoms with Crippen LogP contribution >= 0.6 is 0 Å². The molecule has 0 saturated heterocycles. The number of ether oxygens (including phenoxy) is 2. The summed E-state index contributed by atoms with van der Waals surface area (Å²) in [6.07, 6.45) is 9.20. The lowest BCUT2D eigenvalue weighted by Gasteiger charge is -2.14. The average molecular weight is 409 g/mol. The van der Waals surface area contributed by atoms with Crippen LogP contribution in [0.25, 0.3) is 6.08 Å². The number of rotatable bonds is 14. The molecule has 3 heteroatoms. The van der Waals surface area contributed by atoms with E-state index in [-0.39, 0.29) is 5.78 Å². The monoisotopic (exact) mass is 408 g/mol. The summed E-state index contributed by atoms with van der Waals surface area (Å²) in [4.78, 5) is 13.4. The maximum Gasteiger partial charge on any atom is 0.231 e. The zero-order chi connectivity index (χ0) is 21.6. The van der Waals surface area contributed by atoms with E-state index in [1.165, 1.54) is 5.56 Å². The Labute approximate surface area is 182 Å². The maximum absolute atomic E-state index is 13.4. The van der Waals surface area contributed by atoms with Crippen molar-refractivity contribution in [1.29, 1.82) is 0 Å². The van der Waals surface area contributed by atoms with Gasteiger partial charge < -0.3 is 9.47 Å². The van der Waals surface area contributed by atoms with Crippen molar-refractivity contribution in [3.05, 3.63) is 71.0 Å². The molecule has 0 fully saturated rings. The van der Waals surface area contributed by atoms with E-state index < -0.39 is 0 Å². The summed E-state index contributed by atoms with van der Waals surface area (Å²) in [7, 11) is 0. The van der Waals surface area contributed by atoms with Crippen LogP contribution in [-0.4, -0.2) is 19.0 Å². The molecule has 0 aliphatic carbocycles. The molecule has 2 rings (SSSR count). The van der Waals surface area contributed by atoms with Crippen LogP contribution in [0.5, 0.6) is 5.75 Å². The number of hydrogen-bond donors (Lipinski definition) is 0. The summed E-state index contributed by atoms with van der Waals surface area (Å²) in [6, 6.07) is 15.7. The minimum absolute atomic E-state index is 0.125. The smallest absolute Gasteiger partial charge is 0.231 e. The van der Waals surface area contributed by atoms with E-state index in [2.05, 4.69) is 32.9 Å². The fourth-order valence-corrected chi connectivity index (χ4v) is 3.21. The largest absolute Gasteiger partial charge is 0.493 e. The Kier molecular flexibility index (Phi) is 10.8. The van der Waals surface area contributed by atoms with Gasteiger partial charge >= 0.3 is 0 Å². The van der Waals surface area contributed by atoms with Gasteiger partial charge in [-0.25, -0.2) is 0 Å². The zero-order valence-corrected chi connectivity index (χ0v) is 18.8. The molecule has 0 bridgehead atoms. The minimum Gasteiger partial charge on any atom is -0.493 e. The summed E-state index contributed by atoms with van der Waals surface area (Å²) in [5.41, 5.74) is 2.78. The molecule has 0 atom stereocenters. The Balaban J connectivity index is 2.26. The van der Waals surface area contributed by atoms with Crippen LogP contribution in [0, 0.1) is 0 Å². The molecule has 162 valence electrons. The Morgan fingerprint density at radius 1 is 0.867 bits per heavy atom. The number of carbonyl (C=O) groups excluding carboxylic acids is 1. The van der Waals surface area contributed by atoms with Crippen molar-refractivity contribution in [1.82, 2.24) is 0 Å². The quantitative estimate of drug-likeness (QED) is 0.143. The Morgan fingerprint density at radius 2 is 1.60 bits per heavy atom. The third-order valence-corrected chi connectivity index (χ3v) is 5.02. The molecule has 2 aromatic carbocycles. The average Bonchev–Trinajstić information content (AvgIpc) is 2.78. The standard InChI is InChI=1S/C27H36O3/c1-4-7-11-18-29-25-17-10-9-16-24(25)27(28)26(30-19-12-8-5-2)21-23-15-13-14-22(6-3)20-23/h9-10,13-17,20-21H,4-8,11-12,18-19H2,1-3H3. The summed E-state index contributed by atoms with van der Waals surface area (Å²) in [5.74, 6) is 0.882. The zero-order valence-electron chi connectivity index (χ0n) is 18.8. The molecule has 3 nitrogen and oxygen atoms in total. The van der Waals surface area contributed by atoms with Crippen LogP contribution in [-0.2, 0) is 11.2 Å². The highest BCUT2D eigenvalue weighted by Gasteiger charge is 2.18. The van der Waals surface area contributed by atoms with Gasteiger partial charge in [0.15, 0.2) is 5.76 Å². The number of unbranched alkanes of at least 4 members (excludes halogenated alkanes) is 4. The number of carbonyl (C=O) groups is 1. The maximum atomic E-state index is 13.4. The van der Waals surface area contributed by atoms with Crippen LogP contribution in [0.1, 0.15) is 80.8 Å². The molecule has 0 aliphatic heterocycles. The van der Waals surface area contributed by atoms with E-state index in [9.17, 15) is 4.79 Å². The number of Topliss-reactive ketones (excluding diaryl/α,β-unsaturated/α-hetero) is 1. The lowest BCUT2D eigenvalue weighted by Crippen LogP contribution is -2.11. The summed E-state index contributed by atoms with van der Waals surface area (Å²) in [6.45, 7) is 7.61. The lowest BCUT2D eigenvalue weighted by molar-refractivity contribution is 0.0915. The molecule has 30 heavy (non-hydrogen) atoms. The predicted octanol–water partition coefficient (Wildman–Crippen LogP) is 7.25. The summed E-state index contributed by atoms with van der Waals surface area (Å²) in [5, 5.41) is 0. The van der Waals surface area contributed by atoms with Crippen molar-refractivity contribution in [2.24, 2.45) is 0 Å². The molecule has 2 aromatic rings. The number of benzene rings is 2. The van der Waals surface area contributed by atoms with E-state index in [0.29, 0.717) is 30.3 Å². The number of para-hydroxylation sites is 1. The molecular weight excluding hydrogens is 372 g/mol. The topological polar surface area (TPSA) is 35.5 Å². The highest BCUT2D eigenvalue weighted by Crippen LogP contribution is 2.24. The SMILES string of the molecule is CCCCCOC(=Cc1cccc(CC)c1)C(=O)c1ccccc1OCCCCC. The first-order chi connectivity index (χ1) is 14.7. The van der Waals surface area contributed by atoms with Gasteiger partial charge in [-0.1, -0.05) is 82.9 Å². The van der Waals surface area contributed by atoms with Crippen molar-refractivity contribution in [2.45, 2.75) is 65.7 Å². The third kappa shape index (κ3) is 7.70. The first-order valence-corrected chi connectivity index (χ1v) is 11.4. The van der Waals surface area contributed by atoms with Gasteiger partial charge in [0, 0.05) is 0 Å². The Hall–Kier alpha value is -2.55. The van der Waals surface area contributed by atoms with Gasteiger partial charge in [-0.2, -0.15) is 0 Å². The van der Waals surface area contributed by atoms with E-state index in [1.807, 2.05) is 42.5 Å². The molecule has 0 unspecified atom stereocenters. The molecule has 0 radical (unpaired) electrons. The van der Waals surface area contributed by atoms with E-state index >= 15 is 0 Å². The van der Waals surface area contributed by atoms with Gasteiger partial charge in [-0.15, -0.1) is 0 Å². The van der Waals surface area contributed by atoms with Gasteiger partial charge in [0.25, 0.3) is 0 Å². The number of ketones is 1. The number of allylic oxidation sites excluding steroid dienone is 1. The van der Waals surface area contributed by atoms with Crippen LogP contribution in [0.4, 0.5) is 0 Å². The highest BCUT2D eigenvalue weighted by molar-refractivity contribution is 6.11. The van der Waals surface area contributed by atoms with Gasteiger partial charge in [-0.05, 0) is 48.6 Å².